The third kappa shape index (κ3) is 4.20. The Kier molecular flexibility index (Phi) is 5.14. The molecule has 0 aromatic heterocycles. The molecule has 1 aliphatic heterocycles. The molecular formula is C13H18N2O4. The second-order valence-corrected chi connectivity index (χ2v) is 4.09. The summed E-state index contributed by atoms with van der Waals surface area (Å²) in [6, 6.07) is 7.15. The molecule has 1 unspecified atom stereocenters. The van der Waals surface area contributed by atoms with Gasteiger partial charge in [0.25, 0.3) is 5.91 Å². The fraction of sp³-hybridized carbons (Fsp3) is 0.462. The summed E-state index contributed by atoms with van der Waals surface area (Å²) in [5.74, 6) is 0.458. The summed E-state index contributed by atoms with van der Waals surface area (Å²) < 4.78 is 15.9. The summed E-state index contributed by atoms with van der Waals surface area (Å²) >= 11 is 0. The lowest BCUT2D eigenvalue weighted by atomic mass is 10.2. The Morgan fingerprint density at radius 2 is 2.37 bits per heavy atom. The molecule has 104 valence electrons. The molecular weight excluding hydrogens is 248 g/mol. The van der Waals surface area contributed by atoms with Gasteiger partial charge in [-0.15, -0.1) is 0 Å². The van der Waals surface area contributed by atoms with Gasteiger partial charge < -0.3 is 25.3 Å². The molecule has 1 aromatic carbocycles. The first-order valence-electron chi connectivity index (χ1n) is 6.23. The fourth-order valence-electron chi connectivity index (χ4n) is 1.70. The number of benzene rings is 1. The summed E-state index contributed by atoms with van der Waals surface area (Å²) in [5, 5.41) is 2.77. The van der Waals surface area contributed by atoms with Crippen LogP contribution >= 0.6 is 0 Å². The van der Waals surface area contributed by atoms with E-state index in [0.717, 1.165) is 0 Å². The maximum atomic E-state index is 11.9. The number of nitrogens with two attached hydrogens (primary N) is 1. The lowest BCUT2D eigenvalue weighted by Crippen LogP contribution is -2.39. The van der Waals surface area contributed by atoms with Crippen molar-refractivity contribution in [1.82, 2.24) is 0 Å². The van der Waals surface area contributed by atoms with Gasteiger partial charge in [0.15, 0.2) is 6.10 Å². The average molecular weight is 266 g/mol. The predicted octanol–water partition coefficient (Wildman–Crippen LogP) is 0.378. The van der Waals surface area contributed by atoms with Crippen molar-refractivity contribution in [1.29, 1.82) is 0 Å². The van der Waals surface area contributed by atoms with Crippen molar-refractivity contribution in [2.75, 3.05) is 38.3 Å². The third-order valence-electron chi connectivity index (χ3n) is 2.60. The maximum absolute atomic E-state index is 11.9. The molecule has 0 aliphatic carbocycles. The minimum atomic E-state index is -0.553. The molecule has 1 fully saturated rings. The Bertz CT molecular complexity index is 419. The van der Waals surface area contributed by atoms with E-state index in [2.05, 4.69) is 5.32 Å². The zero-order chi connectivity index (χ0) is 13.5. The first-order valence-corrected chi connectivity index (χ1v) is 6.23. The quantitative estimate of drug-likeness (QED) is 0.805. The van der Waals surface area contributed by atoms with Crippen molar-refractivity contribution >= 4 is 11.6 Å². The normalized spacial score (nSPS) is 18.9. The standard InChI is InChI=1S/C13H18N2O4/c14-4-5-18-11-3-1-2-10(8-11)15-13(16)12-9-17-6-7-19-12/h1-3,8,12H,4-7,9,14H2,(H,15,16). The zero-order valence-corrected chi connectivity index (χ0v) is 10.6. The SMILES string of the molecule is NCCOc1cccc(NC(=O)C2COCCO2)c1. The Morgan fingerprint density at radius 1 is 1.47 bits per heavy atom. The van der Waals surface area contributed by atoms with E-state index < -0.39 is 6.10 Å². The molecule has 3 N–H and O–H groups in total. The van der Waals surface area contributed by atoms with Gasteiger partial charge in [-0.1, -0.05) is 6.07 Å². The van der Waals surface area contributed by atoms with Gasteiger partial charge in [0.1, 0.15) is 12.4 Å². The zero-order valence-electron chi connectivity index (χ0n) is 10.6. The van der Waals surface area contributed by atoms with Crippen LogP contribution in [0, 0.1) is 0 Å². The summed E-state index contributed by atoms with van der Waals surface area (Å²) in [6.07, 6.45) is -0.553. The lowest BCUT2D eigenvalue weighted by molar-refractivity contribution is -0.142. The number of hydrogen-bond donors (Lipinski definition) is 2. The molecule has 6 heteroatoms. The lowest BCUT2D eigenvalue weighted by Gasteiger charge is -2.22. The Morgan fingerprint density at radius 3 is 3.11 bits per heavy atom. The smallest absolute Gasteiger partial charge is 0.255 e. The summed E-state index contributed by atoms with van der Waals surface area (Å²) in [4.78, 5) is 11.9. The number of nitrogens with one attached hydrogen (secondary N) is 1. The fourth-order valence-corrected chi connectivity index (χ4v) is 1.70. The van der Waals surface area contributed by atoms with E-state index in [1.807, 2.05) is 6.07 Å². The van der Waals surface area contributed by atoms with Crippen LogP contribution in [0.3, 0.4) is 0 Å². The van der Waals surface area contributed by atoms with Crippen molar-refractivity contribution in [2.45, 2.75) is 6.10 Å². The molecule has 2 rings (SSSR count). The van der Waals surface area contributed by atoms with Gasteiger partial charge in [0, 0.05) is 18.3 Å². The summed E-state index contributed by atoms with van der Waals surface area (Å²) in [5.41, 5.74) is 6.03. The number of rotatable bonds is 5. The van der Waals surface area contributed by atoms with Crippen molar-refractivity contribution in [3.63, 3.8) is 0 Å². The third-order valence-corrected chi connectivity index (χ3v) is 2.60. The second kappa shape index (κ2) is 7.08. The van der Waals surface area contributed by atoms with Gasteiger partial charge in [-0.3, -0.25) is 4.79 Å². The monoisotopic (exact) mass is 266 g/mol. The molecule has 0 bridgehead atoms. The van der Waals surface area contributed by atoms with Crippen molar-refractivity contribution < 1.29 is 19.0 Å². The first kappa shape index (κ1) is 13.8. The van der Waals surface area contributed by atoms with E-state index in [1.54, 1.807) is 18.2 Å². The van der Waals surface area contributed by atoms with Crippen LogP contribution in [-0.2, 0) is 14.3 Å². The highest BCUT2D eigenvalue weighted by Crippen LogP contribution is 2.17. The first-order chi connectivity index (χ1) is 9.29. The van der Waals surface area contributed by atoms with Gasteiger partial charge in [-0.2, -0.15) is 0 Å². The van der Waals surface area contributed by atoms with Crippen LogP contribution < -0.4 is 15.8 Å². The van der Waals surface area contributed by atoms with E-state index >= 15 is 0 Å². The maximum Gasteiger partial charge on any atom is 0.255 e. The Balaban J connectivity index is 1.92. The molecule has 6 nitrogen and oxygen atoms in total. The summed E-state index contributed by atoms with van der Waals surface area (Å²) in [7, 11) is 0. The average Bonchev–Trinajstić information content (AvgIpc) is 2.46. The van der Waals surface area contributed by atoms with Crippen LogP contribution in [0.5, 0.6) is 5.75 Å². The summed E-state index contributed by atoms with van der Waals surface area (Å²) in [6.45, 7) is 2.15. The molecule has 1 heterocycles. The molecule has 1 aromatic rings. The minimum Gasteiger partial charge on any atom is -0.492 e. The van der Waals surface area contributed by atoms with E-state index in [-0.39, 0.29) is 12.5 Å². The molecule has 0 saturated carbocycles. The van der Waals surface area contributed by atoms with Gasteiger partial charge in [-0.25, -0.2) is 0 Å². The number of carbonyl (C=O) groups is 1. The number of ether oxygens (including phenoxy) is 3. The molecule has 19 heavy (non-hydrogen) atoms. The molecule has 1 saturated heterocycles. The van der Waals surface area contributed by atoms with Gasteiger partial charge in [0.2, 0.25) is 0 Å². The van der Waals surface area contributed by atoms with Crippen LogP contribution in [0.4, 0.5) is 5.69 Å². The van der Waals surface area contributed by atoms with Gasteiger partial charge >= 0.3 is 0 Å². The van der Waals surface area contributed by atoms with E-state index in [0.29, 0.717) is 37.8 Å². The highest BCUT2D eigenvalue weighted by Gasteiger charge is 2.22. The van der Waals surface area contributed by atoms with Crippen LogP contribution in [0.25, 0.3) is 0 Å². The van der Waals surface area contributed by atoms with Crippen LogP contribution in [0.2, 0.25) is 0 Å². The van der Waals surface area contributed by atoms with Crippen molar-refractivity contribution in [2.24, 2.45) is 5.73 Å². The van der Waals surface area contributed by atoms with Crippen molar-refractivity contribution in [3.05, 3.63) is 24.3 Å². The van der Waals surface area contributed by atoms with E-state index in [4.69, 9.17) is 19.9 Å². The largest absolute Gasteiger partial charge is 0.492 e. The Hall–Kier alpha value is -1.63. The van der Waals surface area contributed by atoms with Gasteiger partial charge in [-0.05, 0) is 12.1 Å². The highest BCUT2D eigenvalue weighted by atomic mass is 16.6. The number of hydrogen-bond acceptors (Lipinski definition) is 5. The van der Waals surface area contributed by atoms with Crippen LogP contribution in [0.15, 0.2) is 24.3 Å². The molecule has 1 aliphatic rings. The molecule has 0 radical (unpaired) electrons. The number of anilines is 1. The van der Waals surface area contributed by atoms with E-state index in [9.17, 15) is 4.79 Å². The molecule has 1 amide bonds. The number of amides is 1. The predicted molar refractivity (Wildman–Crippen MR) is 70.2 cm³/mol. The highest BCUT2D eigenvalue weighted by molar-refractivity contribution is 5.94. The van der Waals surface area contributed by atoms with E-state index in [1.165, 1.54) is 0 Å². The van der Waals surface area contributed by atoms with Gasteiger partial charge in [0.05, 0.1) is 19.8 Å². The minimum absolute atomic E-state index is 0.212. The van der Waals surface area contributed by atoms with Crippen LogP contribution in [-0.4, -0.2) is 45.0 Å². The molecule has 0 spiro atoms. The van der Waals surface area contributed by atoms with Crippen molar-refractivity contribution in [3.8, 4) is 5.75 Å². The topological polar surface area (TPSA) is 82.8 Å². The number of carbonyl (C=O) groups excluding carboxylic acids is 1. The molecule has 1 atom stereocenters. The van der Waals surface area contributed by atoms with Crippen LogP contribution in [0.1, 0.15) is 0 Å². The Labute approximate surface area is 111 Å². The second-order valence-electron chi connectivity index (χ2n) is 4.09.